The van der Waals surface area contributed by atoms with E-state index in [2.05, 4.69) is 64.7 Å². The number of nitrogens with zero attached hydrogens (tertiary/aromatic N) is 1. The summed E-state index contributed by atoms with van der Waals surface area (Å²) in [6.45, 7) is 12.0. The molecule has 0 amide bonds. The van der Waals surface area contributed by atoms with Crippen LogP contribution in [0.1, 0.15) is 46.7 Å². The van der Waals surface area contributed by atoms with Crippen LogP contribution in [0.5, 0.6) is 11.5 Å². The van der Waals surface area contributed by atoms with Crippen LogP contribution in [-0.2, 0) is 3.79 Å². The Morgan fingerprint density at radius 1 is 0.810 bits per heavy atom. The number of benzene rings is 3. The van der Waals surface area contributed by atoms with Gasteiger partial charge >= 0.3 is 15.1 Å². The zero-order valence-corrected chi connectivity index (χ0v) is 27.8. The van der Waals surface area contributed by atoms with Gasteiger partial charge in [-0.05, 0) is 60.9 Å². The van der Waals surface area contributed by atoms with E-state index in [4.69, 9.17) is 16.3 Å². The van der Waals surface area contributed by atoms with Gasteiger partial charge in [0.15, 0.2) is 0 Å². The Labute approximate surface area is 259 Å². The van der Waals surface area contributed by atoms with Crippen LogP contribution in [-0.4, -0.2) is 20.1 Å². The van der Waals surface area contributed by atoms with Crippen molar-refractivity contribution in [2.75, 3.05) is 0 Å². The zero-order chi connectivity index (χ0) is 30.3. The molecule has 0 spiro atoms. The highest BCUT2D eigenvalue weighted by Crippen LogP contribution is 2.28. The van der Waals surface area contributed by atoms with Crippen LogP contribution in [0, 0.1) is 6.92 Å². The molecule has 1 aromatic heterocycles. The first-order chi connectivity index (χ1) is 20.5. The van der Waals surface area contributed by atoms with Crippen molar-refractivity contribution in [1.29, 1.82) is 0 Å². The van der Waals surface area contributed by atoms with Crippen molar-refractivity contribution < 1.29 is 11.4 Å². The van der Waals surface area contributed by atoms with E-state index in [0.717, 1.165) is 39.1 Å². The van der Waals surface area contributed by atoms with Gasteiger partial charge in [-0.3, -0.25) is 0 Å². The van der Waals surface area contributed by atoms with E-state index >= 15 is 0 Å². The summed E-state index contributed by atoms with van der Waals surface area (Å²) in [5, 5.41) is 2.18. The van der Waals surface area contributed by atoms with Crippen LogP contribution in [0.25, 0.3) is 22.0 Å². The Morgan fingerprint density at radius 2 is 1.52 bits per heavy atom. The predicted molar refractivity (Wildman–Crippen MR) is 183 cm³/mol. The highest BCUT2D eigenvalue weighted by Gasteiger charge is 2.45. The van der Waals surface area contributed by atoms with Gasteiger partial charge in [0.25, 0.3) is 0 Å². The fraction of sp³-hybridized carbons (Fsp3) is 0.194. The molecule has 5 rings (SSSR count). The Bertz CT molecular complexity index is 1540. The number of rotatable bonds is 8. The summed E-state index contributed by atoms with van der Waals surface area (Å²) in [4.78, 5) is 4.72. The van der Waals surface area contributed by atoms with Gasteiger partial charge in [0.05, 0.1) is 11.5 Å². The van der Waals surface area contributed by atoms with Gasteiger partial charge in [-0.1, -0.05) is 118 Å². The molecule has 4 nitrogen and oxygen atoms in total. The molecule has 1 heterocycles. The van der Waals surface area contributed by atoms with E-state index in [-0.39, 0.29) is 0 Å². The quantitative estimate of drug-likeness (QED) is 0.151. The fourth-order valence-electron chi connectivity index (χ4n) is 4.11. The van der Waals surface area contributed by atoms with Crippen molar-refractivity contribution in [1.82, 2.24) is 4.98 Å². The summed E-state index contributed by atoms with van der Waals surface area (Å²) in [7, 11) is 2.71. The Hall–Kier alpha value is -3.61. The van der Waals surface area contributed by atoms with Crippen molar-refractivity contribution in [3.63, 3.8) is 0 Å². The molecule has 0 radical (unpaired) electrons. The molecular weight excluding hydrogens is 552 g/mol. The number of allylic oxidation sites excluding steroid dienone is 7. The summed E-state index contributed by atoms with van der Waals surface area (Å²) in [5.41, 5.74) is 5.17. The fourth-order valence-corrected chi connectivity index (χ4v) is 5.54. The van der Waals surface area contributed by atoms with Gasteiger partial charge in [0.1, 0.15) is 11.3 Å². The average Bonchev–Trinajstić information content (AvgIpc) is 3.03. The SMILES string of the molecule is C/C(P)=C/C=C1/C=CC=C([O][Al]([O]c2ccc(-c3ccccc3)cc2)[O]c2cccc3ccc(C)nc23)C1.CC.CC. The number of fused-ring (bicyclic) bond motifs is 1. The molecule has 216 valence electrons. The maximum absolute atomic E-state index is 6.47. The minimum Gasteiger partial charge on any atom is -0.580 e. The van der Waals surface area contributed by atoms with Crippen molar-refractivity contribution in [3.8, 4) is 22.6 Å². The number of pyridine rings is 1. The molecule has 1 unspecified atom stereocenters. The Morgan fingerprint density at radius 3 is 2.24 bits per heavy atom. The Kier molecular flexibility index (Phi) is 13.6. The van der Waals surface area contributed by atoms with Gasteiger partial charge in [-0.15, -0.1) is 9.24 Å². The third kappa shape index (κ3) is 9.75. The standard InChI is InChI=1S/C12H10O.C10H9NO.C10H13OP.2C2H6.Al/c13-12-8-6-11(7-9-12)10-4-2-1-3-5-10;1-7-5-6-8-3-2-4-9(12)10(8)11-7;1-8(12)5-6-9-3-2-4-10(11)7-9;2*1-2;/h1-9,13H;2-6,12H,1H3;2-6,11H,7,12H2,1H3;2*1-2H3;/q;;;;;+3/p-3/b;;8-5-,9-6-;;;. The van der Waals surface area contributed by atoms with E-state index in [0.29, 0.717) is 17.9 Å². The molecule has 4 aromatic rings. The number of para-hydroxylation sites is 1. The zero-order valence-electron chi connectivity index (χ0n) is 25.5. The first kappa shape index (κ1) is 32.9. The second-order valence-electron chi connectivity index (χ2n) is 9.13. The second-order valence-corrected chi connectivity index (χ2v) is 11.3. The van der Waals surface area contributed by atoms with Crippen molar-refractivity contribution in [3.05, 3.63) is 138 Å². The van der Waals surface area contributed by atoms with Gasteiger partial charge in [0.2, 0.25) is 0 Å². The van der Waals surface area contributed by atoms with Gasteiger partial charge in [-0.25, -0.2) is 4.98 Å². The lowest BCUT2D eigenvalue weighted by molar-refractivity contribution is 0.252. The monoisotopic (exact) mass is 593 g/mol. The smallest absolute Gasteiger partial charge is 0.580 e. The van der Waals surface area contributed by atoms with Gasteiger partial charge < -0.3 is 11.4 Å². The highest BCUT2D eigenvalue weighted by atomic mass is 31.0. The molecule has 6 heteroatoms. The van der Waals surface area contributed by atoms with Crippen molar-refractivity contribution >= 4 is 35.3 Å². The number of hydrogen-bond acceptors (Lipinski definition) is 4. The molecule has 0 saturated carbocycles. The van der Waals surface area contributed by atoms with Crippen LogP contribution in [0.2, 0.25) is 0 Å². The van der Waals surface area contributed by atoms with Gasteiger partial charge in [-0.2, -0.15) is 0 Å². The molecule has 42 heavy (non-hydrogen) atoms. The number of aryl methyl sites for hydroxylation is 1. The maximum Gasteiger partial charge on any atom is 1.20 e. The lowest BCUT2D eigenvalue weighted by Gasteiger charge is -2.20. The summed E-state index contributed by atoms with van der Waals surface area (Å²) < 4.78 is 19.3. The minimum atomic E-state index is -2.73. The third-order valence-corrected chi connectivity index (χ3v) is 7.62. The molecular formula is C36H41AlNO3P. The average molecular weight is 594 g/mol. The van der Waals surface area contributed by atoms with Gasteiger partial charge in [0, 0.05) is 17.5 Å². The summed E-state index contributed by atoms with van der Waals surface area (Å²) >= 11 is -2.73. The van der Waals surface area contributed by atoms with E-state index in [1.165, 1.54) is 5.31 Å². The minimum absolute atomic E-state index is 0.660. The molecule has 1 aliphatic carbocycles. The predicted octanol–water partition coefficient (Wildman–Crippen LogP) is 10.3. The van der Waals surface area contributed by atoms with E-state index in [1.54, 1.807) is 0 Å². The Balaban J connectivity index is 0.00000116. The molecule has 0 bridgehead atoms. The second kappa shape index (κ2) is 17.4. The lowest BCUT2D eigenvalue weighted by atomic mass is 10.1. The first-order valence-electron chi connectivity index (χ1n) is 14.6. The van der Waals surface area contributed by atoms with E-state index < -0.39 is 15.1 Å². The highest BCUT2D eigenvalue weighted by molar-refractivity contribution is 7.22. The molecule has 0 aliphatic heterocycles. The lowest BCUT2D eigenvalue weighted by Crippen LogP contribution is -2.34. The van der Waals surface area contributed by atoms with E-state index in [1.807, 2.05) is 101 Å². The molecule has 3 aromatic carbocycles. The molecule has 0 fully saturated rings. The first-order valence-corrected chi connectivity index (χ1v) is 16.5. The van der Waals surface area contributed by atoms with Crippen LogP contribution in [0.3, 0.4) is 0 Å². The van der Waals surface area contributed by atoms with Crippen LogP contribution >= 0.6 is 9.24 Å². The summed E-state index contributed by atoms with van der Waals surface area (Å²) in [6.07, 6.45) is 10.9. The number of aromatic nitrogens is 1. The third-order valence-electron chi connectivity index (χ3n) is 6.02. The van der Waals surface area contributed by atoms with Crippen LogP contribution in [0.4, 0.5) is 0 Å². The maximum atomic E-state index is 6.47. The summed E-state index contributed by atoms with van der Waals surface area (Å²) in [6, 6.07) is 28.3. The van der Waals surface area contributed by atoms with Crippen LogP contribution in [0.15, 0.2) is 132 Å². The molecule has 0 N–H and O–H groups in total. The molecule has 1 atom stereocenters. The molecule has 0 saturated heterocycles. The van der Waals surface area contributed by atoms with E-state index in [9.17, 15) is 0 Å². The van der Waals surface area contributed by atoms with Crippen LogP contribution < -0.4 is 7.58 Å². The number of hydrogen-bond donors (Lipinski definition) is 0. The topological polar surface area (TPSA) is 40.6 Å². The van der Waals surface area contributed by atoms with Crippen molar-refractivity contribution in [2.45, 2.75) is 48.0 Å². The summed E-state index contributed by atoms with van der Waals surface area (Å²) in [5.74, 6) is 2.18. The largest absolute Gasteiger partial charge is 1.20 e. The molecule has 1 aliphatic rings. The van der Waals surface area contributed by atoms with Crippen molar-refractivity contribution in [2.24, 2.45) is 0 Å². The normalized spacial score (nSPS) is 13.3.